The van der Waals surface area contributed by atoms with E-state index in [2.05, 4.69) is 17.3 Å². The zero-order valence-electron chi connectivity index (χ0n) is 12.2. The highest BCUT2D eigenvalue weighted by molar-refractivity contribution is 5.91. The van der Waals surface area contributed by atoms with Gasteiger partial charge in [-0.2, -0.15) is 5.10 Å². The standard InChI is InChI=1S/C15H23N3O2/c1-12-4-3-7-15(20,8-12)11-16-14(19)6-5-13-9-17-18(2)10-13/h5-6,9-10,12,20H,3-4,7-8,11H2,1-2H3,(H,16,19). The Balaban J connectivity index is 1.81. The molecule has 0 aliphatic heterocycles. The Bertz CT molecular complexity index is 495. The molecule has 2 atom stereocenters. The van der Waals surface area contributed by atoms with Gasteiger partial charge in [-0.1, -0.05) is 19.8 Å². The number of rotatable bonds is 4. The molecule has 1 fully saturated rings. The molecule has 1 aromatic heterocycles. The molecule has 1 aromatic rings. The van der Waals surface area contributed by atoms with E-state index in [1.54, 1.807) is 17.0 Å². The van der Waals surface area contributed by atoms with E-state index in [-0.39, 0.29) is 5.91 Å². The normalized spacial score (nSPS) is 26.9. The van der Waals surface area contributed by atoms with Gasteiger partial charge in [0.15, 0.2) is 0 Å². The molecular weight excluding hydrogens is 254 g/mol. The number of nitrogens with zero attached hydrogens (tertiary/aromatic N) is 2. The predicted molar refractivity (Wildman–Crippen MR) is 77.8 cm³/mol. The Kier molecular flexibility index (Phi) is 4.60. The molecule has 0 radical (unpaired) electrons. The average Bonchev–Trinajstić information content (AvgIpc) is 2.80. The van der Waals surface area contributed by atoms with E-state index in [0.717, 1.165) is 31.2 Å². The minimum Gasteiger partial charge on any atom is -0.388 e. The lowest BCUT2D eigenvalue weighted by Crippen LogP contribution is -2.45. The van der Waals surface area contributed by atoms with Crippen molar-refractivity contribution in [1.29, 1.82) is 0 Å². The van der Waals surface area contributed by atoms with E-state index in [4.69, 9.17) is 0 Å². The van der Waals surface area contributed by atoms with Crippen molar-refractivity contribution in [1.82, 2.24) is 15.1 Å². The molecule has 2 rings (SSSR count). The van der Waals surface area contributed by atoms with Gasteiger partial charge >= 0.3 is 0 Å². The number of aliphatic hydroxyl groups is 1. The Morgan fingerprint density at radius 1 is 1.70 bits per heavy atom. The summed E-state index contributed by atoms with van der Waals surface area (Å²) in [6, 6.07) is 0. The lowest BCUT2D eigenvalue weighted by Gasteiger charge is -2.35. The maximum Gasteiger partial charge on any atom is 0.244 e. The second-order valence-electron chi connectivity index (χ2n) is 5.92. The zero-order chi connectivity index (χ0) is 14.6. The second-order valence-corrected chi connectivity index (χ2v) is 5.92. The summed E-state index contributed by atoms with van der Waals surface area (Å²) < 4.78 is 1.68. The largest absolute Gasteiger partial charge is 0.388 e. The van der Waals surface area contributed by atoms with Crippen LogP contribution in [0.1, 0.15) is 38.2 Å². The molecule has 1 saturated carbocycles. The summed E-state index contributed by atoms with van der Waals surface area (Å²) in [5, 5.41) is 17.2. The summed E-state index contributed by atoms with van der Waals surface area (Å²) >= 11 is 0. The highest BCUT2D eigenvalue weighted by Crippen LogP contribution is 2.31. The Morgan fingerprint density at radius 3 is 3.15 bits per heavy atom. The summed E-state index contributed by atoms with van der Waals surface area (Å²) in [7, 11) is 1.83. The van der Waals surface area contributed by atoms with Crippen molar-refractivity contribution < 1.29 is 9.90 Å². The molecule has 1 heterocycles. The highest BCUT2D eigenvalue weighted by Gasteiger charge is 2.32. The molecule has 0 bridgehead atoms. The van der Waals surface area contributed by atoms with Crippen LogP contribution in [0.25, 0.3) is 6.08 Å². The SMILES string of the molecule is CC1CCCC(O)(CNC(=O)C=Cc2cnn(C)c2)C1. The van der Waals surface area contributed by atoms with Crippen LogP contribution in [0.15, 0.2) is 18.5 Å². The fourth-order valence-corrected chi connectivity index (χ4v) is 2.80. The van der Waals surface area contributed by atoms with Crippen LogP contribution in [-0.4, -0.2) is 32.9 Å². The number of aryl methyl sites for hydroxylation is 1. The first-order valence-electron chi connectivity index (χ1n) is 7.14. The van der Waals surface area contributed by atoms with Crippen molar-refractivity contribution in [3.63, 3.8) is 0 Å². The van der Waals surface area contributed by atoms with Crippen molar-refractivity contribution in [2.24, 2.45) is 13.0 Å². The minimum atomic E-state index is -0.741. The van der Waals surface area contributed by atoms with Crippen LogP contribution in [0.3, 0.4) is 0 Å². The van der Waals surface area contributed by atoms with Gasteiger partial charge in [-0.3, -0.25) is 9.48 Å². The van der Waals surface area contributed by atoms with Crippen molar-refractivity contribution in [3.05, 3.63) is 24.0 Å². The first-order valence-corrected chi connectivity index (χ1v) is 7.14. The van der Waals surface area contributed by atoms with Crippen molar-refractivity contribution >= 4 is 12.0 Å². The van der Waals surface area contributed by atoms with Crippen molar-refractivity contribution in [2.75, 3.05) is 6.54 Å². The molecule has 2 unspecified atom stereocenters. The molecule has 5 heteroatoms. The molecule has 110 valence electrons. The van der Waals surface area contributed by atoms with Gasteiger partial charge in [-0.15, -0.1) is 0 Å². The summed E-state index contributed by atoms with van der Waals surface area (Å²) in [5.41, 5.74) is 0.141. The molecule has 20 heavy (non-hydrogen) atoms. The van der Waals surface area contributed by atoms with Crippen LogP contribution >= 0.6 is 0 Å². The smallest absolute Gasteiger partial charge is 0.244 e. The van der Waals surface area contributed by atoms with Crippen LogP contribution in [-0.2, 0) is 11.8 Å². The molecule has 0 saturated heterocycles. The van der Waals surface area contributed by atoms with Crippen LogP contribution in [0.5, 0.6) is 0 Å². The van der Waals surface area contributed by atoms with Gasteiger partial charge in [0.25, 0.3) is 0 Å². The molecule has 0 aromatic carbocycles. The van der Waals surface area contributed by atoms with Crippen LogP contribution in [0.4, 0.5) is 0 Å². The van der Waals surface area contributed by atoms with E-state index in [0.29, 0.717) is 12.5 Å². The quantitative estimate of drug-likeness (QED) is 0.819. The van der Waals surface area contributed by atoms with Gasteiger partial charge in [0.05, 0.1) is 11.8 Å². The van der Waals surface area contributed by atoms with Gasteiger partial charge in [0.2, 0.25) is 5.91 Å². The molecule has 1 aliphatic carbocycles. The molecule has 0 spiro atoms. The maximum atomic E-state index is 11.8. The van der Waals surface area contributed by atoms with Crippen LogP contribution in [0, 0.1) is 5.92 Å². The van der Waals surface area contributed by atoms with Gasteiger partial charge in [-0.25, -0.2) is 0 Å². The van der Waals surface area contributed by atoms with Crippen molar-refractivity contribution in [3.8, 4) is 0 Å². The summed E-state index contributed by atoms with van der Waals surface area (Å²) in [4.78, 5) is 11.8. The van der Waals surface area contributed by atoms with Crippen LogP contribution in [0.2, 0.25) is 0 Å². The van der Waals surface area contributed by atoms with Gasteiger partial charge in [0, 0.05) is 31.4 Å². The molecule has 5 nitrogen and oxygen atoms in total. The number of aromatic nitrogens is 2. The van der Waals surface area contributed by atoms with E-state index >= 15 is 0 Å². The van der Waals surface area contributed by atoms with E-state index in [1.807, 2.05) is 13.2 Å². The molecule has 1 aliphatic rings. The fraction of sp³-hybridized carbons (Fsp3) is 0.600. The molecule has 2 N–H and O–H groups in total. The van der Waals surface area contributed by atoms with E-state index in [1.165, 1.54) is 6.08 Å². The predicted octanol–water partition coefficient (Wildman–Crippen LogP) is 1.49. The zero-order valence-corrected chi connectivity index (χ0v) is 12.2. The summed E-state index contributed by atoms with van der Waals surface area (Å²) in [5.74, 6) is 0.345. The second kappa shape index (κ2) is 6.22. The average molecular weight is 277 g/mol. The third kappa shape index (κ3) is 4.20. The van der Waals surface area contributed by atoms with E-state index in [9.17, 15) is 9.90 Å². The van der Waals surface area contributed by atoms with Gasteiger partial charge in [-0.05, 0) is 24.8 Å². The maximum absolute atomic E-state index is 11.8. The van der Waals surface area contributed by atoms with Crippen molar-refractivity contribution in [2.45, 2.75) is 38.2 Å². The van der Waals surface area contributed by atoms with E-state index < -0.39 is 5.60 Å². The van der Waals surface area contributed by atoms with Gasteiger partial charge in [0.1, 0.15) is 0 Å². The first kappa shape index (κ1) is 14.8. The topological polar surface area (TPSA) is 67.2 Å². The Hall–Kier alpha value is -1.62. The number of hydrogen-bond acceptors (Lipinski definition) is 3. The lowest BCUT2D eigenvalue weighted by atomic mass is 9.79. The fourth-order valence-electron chi connectivity index (χ4n) is 2.80. The van der Waals surface area contributed by atoms with Crippen LogP contribution < -0.4 is 5.32 Å². The molecular formula is C15H23N3O2. The highest BCUT2D eigenvalue weighted by atomic mass is 16.3. The number of hydrogen-bond donors (Lipinski definition) is 2. The first-order chi connectivity index (χ1) is 9.47. The number of nitrogens with one attached hydrogen (secondary N) is 1. The Morgan fingerprint density at radius 2 is 2.50 bits per heavy atom. The number of amides is 1. The van der Waals surface area contributed by atoms with Gasteiger partial charge < -0.3 is 10.4 Å². The lowest BCUT2D eigenvalue weighted by molar-refractivity contribution is -0.118. The Labute approximate surface area is 119 Å². The number of carbonyl (C=O) groups excluding carboxylic acids is 1. The number of carbonyl (C=O) groups is 1. The summed E-state index contributed by atoms with van der Waals surface area (Å²) in [6.45, 7) is 2.47. The third-order valence-corrected chi connectivity index (χ3v) is 3.81. The summed E-state index contributed by atoms with van der Waals surface area (Å²) in [6.07, 6.45) is 10.4. The minimum absolute atomic E-state index is 0.180. The molecule has 1 amide bonds. The third-order valence-electron chi connectivity index (χ3n) is 3.81. The monoisotopic (exact) mass is 277 g/mol.